The number of aromatic nitrogens is 1. The minimum absolute atomic E-state index is 0.285. The van der Waals surface area contributed by atoms with Crippen molar-refractivity contribution in [3.8, 4) is 0 Å². The molecule has 2 aromatic heterocycles. The van der Waals surface area contributed by atoms with Crippen molar-refractivity contribution in [2.45, 2.75) is 27.7 Å². The highest BCUT2D eigenvalue weighted by atomic mass is 35.5. The van der Waals surface area contributed by atoms with Gasteiger partial charge in [0.05, 0.1) is 11.4 Å². The number of nitrogens with zero attached hydrogens (tertiary/aromatic N) is 1. The molecule has 0 bridgehead atoms. The molecule has 2 heterocycles. The van der Waals surface area contributed by atoms with E-state index in [1.54, 1.807) is 18.2 Å². The number of furan rings is 1. The van der Waals surface area contributed by atoms with Crippen molar-refractivity contribution in [2.24, 2.45) is 0 Å². The Hall–Kier alpha value is -2.33. The number of fused-ring (bicyclic) bond motifs is 1. The smallest absolute Gasteiger partial charge is 0.291 e. The summed E-state index contributed by atoms with van der Waals surface area (Å²) >= 11 is 6.02. The quantitative estimate of drug-likeness (QED) is 0.722. The highest BCUT2D eigenvalue weighted by Gasteiger charge is 2.19. The Bertz CT molecular complexity index is 905. The van der Waals surface area contributed by atoms with Crippen LogP contribution in [0.15, 0.2) is 28.7 Å². The SMILES string of the molecule is Cc1cc(C)c(NC(=O)c2oc3ccc(Cl)cc3c2C)c(C)n1. The number of carbonyl (C=O) groups is 1. The van der Waals surface area contributed by atoms with Gasteiger partial charge in [0.25, 0.3) is 5.91 Å². The van der Waals surface area contributed by atoms with E-state index in [1.807, 2.05) is 33.8 Å². The third-order valence-electron chi connectivity index (χ3n) is 3.87. The summed E-state index contributed by atoms with van der Waals surface area (Å²) in [5.41, 5.74) is 4.82. The molecule has 0 aliphatic rings. The third-order valence-corrected chi connectivity index (χ3v) is 4.10. The predicted molar refractivity (Wildman–Crippen MR) is 92.4 cm³/mol. The fourth-order valence-corrected chi connectivity index (χ4v) is 2.96. The number of nitrogens with one attached hydrogen (secondary N) is 1. The van der Waals surface area contributed by atoms with Crippen molar-refractivity contribution in [3.63, 3.8) is 0 Å². The van der Waals surface area contributed by atoms with Crippen molar-refractivity contribution in [1.29, 1.82) is 0 Å². The number of benzene rings is 1. The lowest BCUT2D eigenvalue weighted by atomic mass is 10.1. The first kappa shape index (κ1) is 15.6. The van der Waals surface area contributed by atoms with E-state index < -0.39 is 0 Å². The summed E-state index contributed by atoms with van der Waals surface area (Å²) in [5, 5.41) is 4.37. The number of aryl methyl sites for hydroxylation is 4. The molecule has 0 fully saturated rings. The van der Waals surface area contributed by atoms with E-state index in [4.69, 9.17) is 16.0 Å². The maximum absolute atomic E-state index is 12.6. The number of hydrogen-bond acceptors (Lipinski definition) is 3. The first-order valence-electron chi connectivity index (χ1n) is 7.31. The van der Waals surface area contributed by atoms with E-state index >= 15 is 0 Å². The molecule has 0 spiro atoms. The Labute approximate surface area is 139 Å². The maximum atomic E-state index is 12.6. The molecule has 0 radical (unpaired) electrons. The van der Waals surface area contributed by atoms with Crippen LogP contribution in [0.5, 0.6) is 0 Å². The first-order chi connectivity index (χ1) is 10.9. The summed E-state index contributed by atoms with van der Waals surface area (Å²) in [4.78, 5) is 17.0. The van der Waals surface area contributed by atoms with Gasteiger partial charge in [-0.25, -0.2) is 0 Å². The minimum Gasteiger partial charge on any atom is -0.451 e. The van der Waals surface area contributed by atoms with Crippen LogP contribution in [0.3, 0.4) is 0 Å². The topological polar surface area (TPSA) is 55.1 Å². The molecule has 0 aliphatic heterocycles. The third kappa shape index (κ3) is 2.82. The molecule has 5 heteroatoms. The fraction of sp³-hybridized carbons (Fsp3) is 0.222. The second-order valence-electron chi connectivity index (χ2n) is 5.69. The number of pyridine rings is 1. The van der Waals surface area contributed by atoms with Crippen LogP contribution in [0.2, 0.25) is 5.02 Å². The van der Waals surface area contributed by atoms with Crippen LogP contribution in [0.4, 0.5) is 5.69 Å². The maximum Gasteiger partial charge on any atom is 0.291 e. The monoisotopic (exact) mass is 328 g/mol. The molecule has 0 saturated carbocycles. The lowest BCUT2D eigenvalue weighted by molar-refractivity contribution is 0.0997. The van der Waals surface area contributed by atoms with Crippen molar-refractivity contribution in [1.82, 2.24) is 4.98 Å². The Kier molecular flexibility index (Phi) is 3.86. The molecule has 1 aromatic carbocycles. The standard InChI is InChI=1S/C18H17ClN2O2/c1-9-7-10(2)20-12(4)16(9)21-18(22)17-11(3)14-8-13(19)5-6-15(14)23-17/h5-8H,1-4H3,(H,21,22). The summed E-state index contributed by atoms with van der Waals surface area (Å²) in [6.45, 7) is 7.60. The van der Waals surface area contributed by atoms with E-state index in [0.29, 0.717) is 16.4 Å². The van der Waals surface area contributed by atoms with Crippen LogP contribution in [0, 0.1) is 27.7 Å². The van der Waals surface area contributed by atoms with Gasteiger partial charge in [0.2, 0.25) is 0 Å². The van der Waals surface area contributed by atoms with E-state index in [0.717, 1.165) is 33.6 Å². The zero-order chi connectivity index (χ0) is 16.7. The zero-order valence-electron chi connectivity index (χ0n) is 13.5. The molecule has 1 amide bonds. The van der Waals surface area contributed by atoms with Gasteiger partial charge in [0.1, 0.15) is 5.58 Å². The summed E-state index contributed by atoms with van der Waals surface area (Å²) in [6, 6.07) is 7.25. The normalized spacial score (nSPS) is 11.0. The van der Waals surface area contributed by atoms with Crippen molar-refractivity contribution < 1.29 is 9.21 Å². The van der Waals surface area contributed by atoms with Gasteiger partial charge < -0.3 is 9.73 Å². The molecule has 0 aliphatic carbocycles. The summed E-state index contributed by atoms with van der Waals surface area (Å²) in [7, 11) is 0. The molecule has 4 nitrogen and oxygen atoms in total. The Morgan fingerprint density at radius 1 is 1.17 bits per heavy atom. The average Bonchev–Trinajstić information content (AvgIpc) is 2.80. The highest BCUT2D eigenvalue weighted by Crippen LogP contribution is 2.29. The van der Waals surface area contributed by atoms with Crippen molar-refractivity contribution in [3.05, 3.63) is 57.6 Å². The Morgan fingerprint density at radius 3 is 2.61 bits per heavy atom. The van der Waals surface area contributed by atoms with Gasteiger partial charge in [0.15, 0.2) is 5.76 Å². The zero-order valence-corrected chi connectivity index (χ0v) is 14.2. The molecule has 23 heavy (non-hydrogen) atoms. The van der Waals surface area contributed by atoms with Gasteiger partial charge in [-0.2, -0.15) is 0 Å². The number of anilines is 1. The summed E-state index contributed by atoms with van der Waals surface area (Å²) < 4.78 is 5.70. The van der Waals surface area contributed by atoms with Crippen LogP contribution in [0.25, 0.3) is 11.0 Å². The number of hydrogen-bond donors (Lipinski definition) is 1. The molecular weight excluding hydrogens is 312 g/mol. The van der Waals surface area contributed by atoms with Gasteiger partial charge >= 0.3 is 0 Å². The van der Waals surface area contributed by atoms with Gasteiger partial charge in [-0.15, -0.1) is 0 Å². The highest BCUT2D eigenvalue weighted by molar-refractivity contribution is 6.31. The Balaban J connectivity index is 2.00. The van der Waals surface area contributed by atoms with Gasteiger partial charge in [-0.3, -0.25) is 9.78 Å². The lowest BCUT2D eigenvalue weighted by Gasteiger charge is -2.11. The van der Waals surface area contributed by atoms with Crippen LogP contribution in [-0.4, -0.2) is 10.9 Å². The van der Waals surface area contributed by atoms with E-state index in [9.17, 15) is 4.79 Å². The van der Waals surface area contributed by atoms with Crippen LogP contribution >= 0.6 is 11.6 Å². The molecule has 0 unspecified atom stereocenters. The molecule has 3 rings (SSSR count). The van der Waals surface area contributed by atoms with Gasteiger partial charge in [-0.1, -0.05) is 11.6 Å². The number of carbonyl (C=O) groups excluding carboxylic acids is 1. The second-order valence-corrected chi connectivity index (χ2v) is 6.13. The molecule has 1 N–H and O–H groups in total. The van der Waals surface area contributed by atoms with Crippen molar-refractivity contribution in [2.75, 3.05) is 5.32 Å². The van der Waals surface area contributed by atoms with Crippen LogP contribution in [-0.2, 0) is 0 Å². The number of halogens is 1. The van der Waals surface area contributed by atoms with Gasteiger partial charge in [-0.05, 0) is 57.5 Å². The fourth-order valence-electron chi connectivity index (χ4n) is 2.79. The number of amides is 1. The van der Waals surface area contributed by atoms with Crippen LogP contribution in [0.1, 0.15) is 33.1 Å². The minimum atomic E-state index is -0.285. The van der Waals surface area contributed by atoms with Gasteiger partial charge in [0, 0.05) is 21.7 Å². The Morgan fingerprint density at radius 2 is 1.91 bits per heavy atom. The molecule has 118 valence electrons. The number of rotatable bonds is 2. The van der Waals surface area contributed by atoms with Crippen molar-refractivity contribution >= 4 is 34.2 Å². The first-order valence-corrected chi connectivity index (χ1v) is 7.69. The summed E-state index contributed by atoms with van der Waals surface area (Å²) in [6.07, 6.45) is 0. The van der Waals surface area contributed by atoms with E-state index in [-0.39, 0.29) is 5.91 Å². The van der Waals surface area contributed by atoms with Crippen LogP contribution < -0.4 is 5.32 Å². The van der Waals surface area contributed by atoms with E-state index in [1.165, 1.54) is 0 Å². The molecule has 3 aromatic rings. The molecular formula is C18H17ClN2O2. The molecule has 0 saturated heterocycles. The summed E-state index contributed by atoms with van der Waals surface area (Å²) in [5.74, 6) is 0.00770. The lowest BCUT2D eigenvalue weighted by Crippen LogP contribution is -2.14. The largest absolute Gasteiger partial charge is 0.451 e. The predicted octanol–water partition coefficient (Wildman–Crippen LogP) is 4.97. The second kappa shape index (κ2) is 5.70. The average molecular weight is 329 g/mol. The van der Waals surface area contributed by atoms with E-state index in [2.05, 4.69) is 10.3 Å². The molecule has 0 atom stereocenters.